The maximum atomic E-state index is 14.0. The molecule has 0 saturated carbocycles. The Balaban J connectivity index is 1.54. The van der Waals surface area contributed by atoms with E-state index in [4.69, 9.17) is 9.68 Å². The highest BCUT2D eigenvalue weighted by atomic mass is 32.2. The maximum Gasteiger partial charge on any atom is 0.266 e. The number of carbonyl (C=O) groups excluding carboxylic acids is 1. The smallest absolute Gasteiger partial charge is 0.266 e. The molecule has 3 aliphatic rings. The first-order chi connectivity index (χ1) is 16.5. The molecule has 1 fully saturated rings. The van der Waals surface area contributed by atoms with Crippen LogP contribution in [0.3, 0.4) is 0 Å². The fourth-order valence-electron chi connectivity index (χ4n) is 3.98. The van der Waals surface area contributed by atoms with Crippen LogP contribution in [0.2, 0.25) is 0 Å². The number of hydrogen-bond acceptors (Lipinski definition) is 7. The van der Waals surface area contributed by atoms with E-state index < -0.39 is 10.0 Å². The highest BCUT2D eigenvalue weighted by molar-refractivity contribution is 7.96. The molecule has 0 unspecified atom stereocenters. The Morgan fingerprint density at radius 2 is 1.85 bits per heavy atom. The van der Waals surface area contributed by atoms with Gasteiger partial charge in [0, 0.05) is 24.9 Å². The molecule has 3 heterocycles. The van der Waals surface area contributed by atoms with E-state index in [-0.39, 0.29) is 17.4 Å². The summed E-state index contributed by atoms with van der Waals surface area (Å²) < 4.78 is 34.6. The summed E-state index contributed by atoms with van der Waals surface area (Å²) in [6, 6.07) is 16.1. The Morgan fingerprint density at radius 3 is 2.65 bits per heavy atom. The number of hydroxylamine groups is 3. The first-order valence-electron chi connectivity index (χ1n) is 10.9. The number of nitrogens with zero attached hydrogens (tertiary/aromatic N) is 3. The average Bonchev–Trinajstić information content (AvgIpc) is 3.37. The lowest BCUT2D eigenvalue weighted by atomic mass is 10.1. The van der Waals surface area contributed by atoms with Gasteiger partial charge in [0.2, 0.25) is 0 Å². The van der Waals surface area contributed by atoms with Crippen molar-refractivity contribution in [2.75, 3.05) is 30.6 Å². The van der Waals surface area contributed by atoms with Gasteiger partial charge in [-0.05, 0) is 35.9 Å². The molecule has 1 N–H and O–H groups in total. The quantitative estimate of drug-likeness (QED) is 0.679. The molecular weight excluding hydrogens is 456 g/mol. The minimum atomic E-state index is -4.03. The van der Waals surface area contributed by atoms with E-state index in [0.717, 1.165) is 5.56 Å². The van der Waals surface area contributed by atoms with Crippen LogP contribution >= 0.6 is 0 Å². The first-order valence-corrected chi connectivity index (χ1v) is 12.3. The number of carbonyl (C=O) groups is 1. The molecule has 0 spiro atoms. The Bertz CT molecular complexity index is 1270. The molecule has 0 atom stereocenters. The Labute approximate surface area is 198 Å². The van der Waals surface area contributed by atoms with E-state index in [1.165, 1.54) is 21.6 Å². The highest BCUT2D eigenvalue weighted by Gasteiger charge is 2.35. The van der Waals surface area contributed by atoms with Gasteiger partial charge in [0.05, 0.1) is 31.6 Å². The largest absolute Gasteiger partial charge is 0.378 e. The summed E-state index contributed by atoms with van der Waals surface area (Å²) in [4.78, 5) is 20.1. The van der Waals surface area contributed by atoms with Crippen molar-refractivity contribution in [3.05, 3.63) is 101 Å². The minimum absolute atomic E-state index is 0.0841. The van der Waals surface area contributed by atoms with Crippen molar-refractivity contribution in [1.29, 1.82) is 0 Å². The van der Waals surface area contributed by atoms with Gasteiger partial charge in [-0.15, -0.1) is 0 Å². The summed E-state index contributed by atoms with van der Waals surface area (Å²) in [7, 11) is -4.03. The number of hydrogen-bond donors (Lipinski definition) is 1. The molecule has 2 aromatic carbocycles. The molecule has 176 valence electrons. The summed E-state index contributed by atoms with van der Waals surface area (Å²) in [6.07, 6.45) is 6.25. The van der Waals surface area contributed by atoms with Gasteiger partial charge in [-0.3, -0.25) is 9.10 Å². The lowest BCUT2D eigenvalue weighted by molar-refractivity contribution is -0.112. The summed E-state index contributed by atoms with van der Waals surface area (Å²) >= 11 is 0. The van der Waals surface area contributed by atoms with Crippen molar-refractivity contribution >= 4 is 21.6 Å². The molecule has 1 saturated heterocycles. The number of allylic oxidation sites excluding steroid dienone is 2. The van der Waals surface area contributed by atoms with Gasteiger partial charge in [0.1, 0.15) is 10.6 Å². The van der Waals surface area contributed by atoms with Crippen LogP contribution in [0.15, 0.2) is 89.8 Å². The van der Waals surface area contributed by atoms with Gasteiger partial charge in [-0.25, -0.2) is 19.0 Å². The first kappa shape index (κ1) is 22.2. The lowest BCUT2D eigenvalue weighted by Crippen LogP contribution is -2.40. The molecule has 5 rings (SSSR count). The van der Waals surface area contributed by atoms with Gasteiger partial charge in [0.15, 0.2) is 0 Å². The fraction of sp³-hybridized carbons (Fsp3) is 0.208. The third-order valence-corrected chi connectivity index (χ3v) is 7.54. The van der Waals surface area contributed by atoms with Gasteiger partial charge in [-0.2, -0.15) is 4.94 Å². The van der Waals surface area contributed by atoms with Crippen LogP contribution in [0.4, 0.5) is 5.69 Å². The zero-order valence-electron chi connectivity index (χ0n) is 18.3. The average molecular weight is 481 g/mol. The van der Waals surface area contributed by atoms with Crippen molar-refractivity contribution in [3.63, 3.8) is 0 Å². The fourth-order valence-corrected chi connectivity index (χ4v) is 5.59. The third kappa shape index (κ3) is 4.30. The summed E-state index contributed by atoms with van der Waals surface area (Å²) in [6.45, 7) is 2.09. The predicted molar refractivity (Wildman–Crippen MR) is 126 cm³/mol. The van der Waals surface area contributed by atoms with Gasteiger partial charge in [0.25, 0.3) is 15.9 Å². The number of benzene rings is 2. The maximum absolute atomic E-state index is 14.0. The molecule has 10 heteroatoms. The van der Waals surface area contributed by atoms with Crippen molar-refractivity contribution < 1.29 is 22.9 Å². The second-order valence-corrected chi connectivity index (χ2v) is 9.72. The minimum Gasteiger partial charge on any atom is -0.378 e. The zero-order chi connectivity index (χ0) is 23.5. The molecular formula is C24H24N4O5S. The third-order valence-electron chi connectivity index (χ3n) is 5.72. The summed E-state index contributed by atoms with van der Waals surface area (Å²) in [5.41, 5.74) is 4.60. The van der Waals surface area contributed by atoms with E-state index >= 15 is 0 Å². The number of nitrogens with one attached hydrogen (secondary N) is 1. The molecule has 1 amide bonds. The zero-order valence-corrected chi connectivity index (χ0v) is 19.1. The Kier molecular flexibility index (Phi) is 6.10. The van der Waals surface area contributed by atoms with Crippen LogP contribution in [-0.2, 0) is 26.2 Å². The number of anilines is 1. The highest BCUT2D eigenvalue weighted by Crippen LogP contribution is 2.33. The van der Waals surface area contributed by atoms with Crippen LogP contribution in [0.5, 0.6) is 0 Å². The standard InChI is InChI=1S/C24H24N4O5S/c29-24(26-12-14-32-15-13-26)20-8-4-9-21(16-20)28(18-19-6-2-1-3-7-19)34(30,31)23-10-5-11-27-22(23)17-25-33-27/h1-11,16-17,25H,12-15,18H2. The molecule has 3 aliphatic heterocycles. The van der Waals surface area contributed by atoms with Crippen molar-refractivity contribution in [3.8, 4) is 0 Å². The van der Waals surface area contributed by atoms with Crippen LogP contribution < -0.4 is 9.79 Å². The molecule has 9 nitrogen and oxygen atoms in total. The van der Waals surface area contributed by atoms with Crippen molar-refractivity contribution in [2.24, 2.45) is 0 Å². The molecule has 0 aromatic heterocycles. The van der Waals surface area contributed by atoms with Crippen molar-refractivity contribution in [1.82, 2.24) is 15.4 Å². The lowest BCUT2D eigenvalue weighted by Gasteiger charge is -2.29. The van der Waals surface area contributed by atoms with Gasteiger partial charge >= 0.3 is 0 Å². The van der Waals surface area contributed by atoms with Crippen LogP contribution in [0.1, 0.15) is 15.9 Å². The number of ether oxygens (including phenoxy) is 1. The second-order valence-electron chi connectivity index (χ2n) is 7.89. The molecule has 2 aromatic rings. The SMILES string of the molecule is O=C(c1cccc(N(Cc2ccccc2)S(=O)(=O)C2=CC=CN3ONC=C23)c1)N1CCOCC1. The summed E-state index contributed by atoms with van der Waals surface area (Å²) in [5.74, 6) is -0.149. The van der Waals surface area contributed by atoms with E-state index in [0.29, 0.717) is 43.3 Å². The van der Waals surface area contributed by atoms with Crippen LogP contribution in [0.25, 0.3) is 0 Å². The van der Waals surface area contributed by atoms with Crippen molar-refractivity contribution in [2.45, 2.75) is 6.54 Å². The molecule has 0 aliphatic carbocycles. The van der Waals surface area contributed by atoms with E-state index in [9.17, 15) is 13.2 Å². The normalized spacial score (nSPS) is 17.5. The number of sulfonamides is 1. The van der Waals surface area contributed by atoms with E-state index in [2.05, 4.69) is 5.48 Å². The predicted octanol–water partition coefficient (Wildman–Crippen LogP) is 2.50. The monoisotopic (exact) mass is 480 g/mol. The number of amides is 1. The molecule has 0 radical (unpaired) electrons. The van der Waals surface area contributed by atoms with Crippen LogP contribution in [0, 0.1) is 0 Å². The topological polar surface area (TPSA) is 91.4 Å². The van der Waals surface area contributed by atoms with E-state index in [1.54, 1.807) is 41.4 Å². The number of morpholine rings is 1. The Morgan fingerprint density at radius 1 is 1.06 bits per heavy atom. The second kappa shape index (κ2) is 9.34. The number of rotatable bonds is 6. The summed E-state index contributed by atoms with van der Waals surface area (Å²) in [5, 5.41) is 1.35. The molecule has 0 bridgehead atoms. The van der Waals surface area contributed by atoms with E-state index in [1.807, 2.05) is 30.3 Å². The number of fused-ring (bicyclic) bond motifs is 1. The Hall–Kier alpha value is -3.60. The van der Waals surface area contributed by atoms with Gasteiger partial charge < -0.3 is 9.64 Å². The van der Waals surface area contributed by atoms with Gasteiger partial charge in [-0.1, -0.05) is 36.4 Å². The van der Waals surface area contributed by atoms with Crippen LogP contribution in [-0.4, -0.2) is 50.6 Å². The molecule has 34 heavy (non-hydrogen) atoms.